The number of benzene rings is 1. The minimum absolute atomic E-state index is 0.0718. The largest absolute Gasteiger partial charge is 0.342 e. The highest BCUT2D eigenvalue weighted by Gasteiger charge is 2.40. The molecule has 4 nitrogen and oxygen atoms in total. The summed E-state index contributed by atoms with van der Waals surface area (Å²) < 4.78 is 26.9. The number of carbonyl (C=O) groups is 2. The van der Waals surface area contributed by atoms with E-state index in [0.717, 1.165) is 11.0 Å². The molecule has 1 aliphatic rings. The molecule has 2 atom stereocenters. The van der Waals surface area contributed by atoms with E-state index in [-0.39, 0.29) is 23.4 Å². The van der Waals surface area contributed by atoms with Crippen LogP contribution in [0, 0.1) is 17.6 Å². The van der Waals surface area contributed by atoms with Gasteiger partial charge in [0.05, 0.1) is 5.69 Å². The summed E-state index contributed by atoms with van der Waals surface area (Å²) in [6.07, 6.45) is 0.469. The molecule has 0 radical (unpaired) electrons. The van der Waals surface area contributed by atoms with E-state index in [4.69, 9.17) is 0 Å². The molecule has 2 unspecified atom stereocenters. The van der Waals surface area contributed by atoms with Gasteiger partial charge in [0.25, 0.3) is 0 Å². The van der Waals surface area contributed by atoms with Crippen molar-refractivity contribution >= 4 is 17.5 Å². The Kier molecular flexibility index (Phi) is 4.25. The number of piperazine rings is 1. The lowest BCUT2D eigenvalue weighted by Crippen LogP contribution is -2.63. The van der Waals surface area contributed by atoms with Gasteiger partial charge in [-0.2, -0.15) is 0 Å². The Balaban J connectivity index is 2.38. The first-order chi connectivity index (χ1) is 9.81. The monoisotopic (exact) mass is 296 g/mol. The van der Waals surface area contributed by atoms with Gasteiger partial charge in [0, 0.05) is 6.07 Å². The highest BCUT2D eigenvalue weighted by Crippen LogP contribution is 2.26. The van der Waals surface area contributed by atoms with E-state index in [1.807, 2.05) is 13.8 Å². The Morgan fingerprint density at radius 3 is 2.52 bits per heavy atom. The van der Waals surface area contributed by atoms with Gasteiger partial charge in [-0.25, -0.2) is 8.78 Å². The molecule has 0 saturated carbocycles. The lowest BCUT2D eigenvalue weighted by Gasteiger charge is -2.38. The molecule has 1 aliphatic heterocycles. The highest BCUT2D eigenvalue weighted by molar-refractivity contribution is 6.08. The molecule has 1 aromatic carbocycles. The third-order valence-electron chi connectivity index (χ3n) is 3.50. The van der Waals surface area contributed by atoms with Crippen LogP contribution in [0.25, 0.3) is 0 Å². The van der Waals surface area contributed by atoms with Gasteiger partial charge < -0.3 is 5.32 Å². The molecule has 1 saturated heterocycles. The van der Waals surface area contributed by atoms with Crippen LogP contribution in [-0.4, -0.2) is 23.9 Å². The van der Waals surface area contributed by atoms with Crippen LogP contribution >= 0.6 is 0 Å². The van der Waals surface area contributed by atoms with Gasteiger partial charge in [0.2, 0.25) is 11.8 Å². The van der Waals surface area contributed by atoms with E-state index in [1.165, 1.54) is 13.0 Å². The predicted octanol–water partition coefficient (Wildman–Crippen LogP) is 2.23. The summed E-state index contributed by atoms with van der Waals surface area (Å²) in [4.78, 5) is 25.6. The molecule has 114 valence electrons. The van der Waals surface area contributed by atoms with Gasteiger partial charge in [-0.3, -0.25) is 14.5 Å². The minimum Gasteiger partial charge on any atom is -0.342 e. The van der Waals surface area contributed by atoms with Crippen LogP contribution in [0.5, 0.6) is 0 Å². The molecule has 21 heavy (non-hydrogen) atoms. The Bertz CT molecular complexity index is 575. The number of amides is 2. The number of hydrogen-bond donors (Lipinski definition) is 1. The van der Waals surface area contributed by atoms with Crippen molar-refractivity contribution in [1.82, 2.24) is 5.32 Å². The van der Waals surface area contributed by atoms with Gasteiger partial charge in [-0.1, -0.05) is 13.8 Å². The summed E-state index contributed by atoms with van der Waals surface area (Å²) in [7, 11) is 0. The van der Waals surface area contributed by atoms with Gasteiger partial charge in [0.15, 0.2) is 0 Å². The van der Waals surface area contributed by atoms with Crippen LogP contribution in [0.3, 0.4) is 0 Å². The molecule has 2 amide bonds. The third kappa shape index (κ3) is 3.04. The number of nitrogens with one attached hydrogen (secondary N) is 1. The zero-order valence-electron chi connectivity index (χ0n) is 12.2. The fourth-order valence-electron chi connectivity index (χ4n) is 2.47. The van der Waals surface area contributed by atoms with Crippen molar-refractivity contribution in [3.05, 3.63) is 29.8 Å². The lowest BCUT2D eigenvalue weighted by molar-refractivity contribution is -0.133. The second kappa shape index (κ2) is 5.79. The molecule has 0 bridgehead atoms. The average Bonchev–Trinajstić information content (AvgIpc) is 2.38. The van der Waals surface area contributed by atoms with E-state index in [2.05, 4.69) is 5.32 Å². The average molecular weight is 296 g/mol. The van der Waals surface area contributed by atoms with E-state index >= 15 is 0 Å². The smallest absolute Gasteiger partial charge is 0.250 e. The van der Waals surface area contributed by atoms with Crippen molar-refractivity contribution < 1.29 is 18.4 Å². The summed E-state index contributed by atoms with van der Waals surface area (Å²) in [6, 6.07) is 1.45. The number of nitrogens with zero attached hydrogens (tertiary/aromatic N) is 1. The second-order valence-corrected chi connectivity index (χ2v) is 5.67. The van der Waals surface area contributed by atoms with E-state index in [0.29, 0.717) is 12.5 Å². The Morgan fingerprint density at radius 2 is 1.95 bits per heavy atom. The minimum atomic E-state index is -0.854. The fourth-order valence-corrected chi connectivity index (χ4v) is 2.47. The van der Waals surface area contributed by atoms with Crippen molar-refractivity contribution in [3.8, 4) is 0 Å². The van der Waals surface area contributed by atoms with Crippen molar-refractivity contribution in [2.75, 3.05) is 4.90 Å². The SMILES string of the molecule is CC(C)CC1NC(=O)C(C)N(c2ccc(F)cc2F)C1=O. The van der Waals surface area contributed by atoms with E-state index in [9.17, 15) is 18.4 Å². The van der Waals surface area contributed by atoms with Crippen molar-refractivity contribution in [2.24, 2.45) is 5.92 Å². The molecule has 6 heteroatoms. The van der Waals surface area contributed by atoms with Crippen LogP contribution in [0.1, 0.15) is 27.2 Å². The maximum absolute atomic E-state index is 13.9. The highest BCUT2D eigenvalue weighted by atomic mass is 19.1. The second-order valence-electron chi connectivity index (χ2n) is 5.67. The van der Waals surface area contributed by atoms with Crippen LogP contribution < -0.4 is 10.2 Å². The molecule has 1 heterocycles. The lowest BCUT2D eigenvalue weighted by atomic mass is 9.98. The van der Waals surface area contributed by atoms with Crippen molar-refractivity contribution in [2.45, 2.75) is 39.3 Å². The van der Waals surface area contributed by atoms with Crippen molar-refractivity contribution in [1.29, 1.82) is 0 Å². The molecule has 0 spiro atoms. The van der Waals surface area contributed by atoms with Crippen molar-refractivity contribution in [3.63, 3.8) is 0 Å². The maximum atomic E-state index is 13.9. The maximum Gasteiger partial charge on any atom is 0.250 e. The van der Waals surface area contributed by atoms with Crippen LogP contribution in [0.15, 0.2) is 18.2 Å². The summed E-state index contributed by atoms with van der Waals surface area (Å²) in [6.45, 7) is 5.38. The van der Waals surface area contributed by atoms with Gasteiger partial charge in [0.1, 0.15) is 23.7 Å². The molecular formula is C15H18F2N2O2. The first-order valence-electron chi connectivity index (χ1n) is 6.89. The summed E-state index contributed by atoms with van der Waals surface area (Å²) in [5, 5.41) is 2.65. The zero-order valence-corrected chi connectivity index (χ0v) is 12.2. The third-order valence-corrected chi connectivity index (χ3v) is 3.50. The molecule has 1 N–H and O–H groups in total. The van der Waals surface area contributed by atoms with Crippen LogP contribution in [0.4, 0.5) is 14.5 Å². The van der Waals surface area contributed by atoms with Gasteiger partial charge in [-0.15, -0.1) is 0 Å². The number of hydrogen-bond acceptors (Lipinski definition) is 2. The van der Waals surface area contributed by atoms with Gasteiger partial charge >= 0.3 is 0 Å². The van der Waals surface area contributed by atoms with E-state index < -0.39 is 23.7 Å². The Hall–Kier alpha value is -1.98. The number of rotatable bonds is 3. The zero-order chi connectivity index (χ0) is 15.7. The fraction of sp³-hybridized carbons (Fsp3) is 0.467. The quantitative estimate of drug-likeness (QED) is 0.930. The molecule has 0 aromatic heterocycles. The Morgan fingerprint density at radius 1 is 1.29 bits per heavy atom. The predicted molar refractivity (Wildman–Crippen MR) is 74.7 cm³/mol. The molecular weight excluding hydrogens is 278 g/mol. The first-order valence-corrected chi connectivity index (χ1v) is 6.89. The number of anilines is 1. The molecule has 1 aromatic rings. The summed E-state index contributed by atoms with van der Waals surface area (Å²) in [5.74, 6) is -2.09. The summed E-state index contributed by atoms with van der Waals surface area (Å²) >= 11 is 0. The van der Waals surface area contributed by atoms with E-state index in [1.54, 1.807) is 0 Å². The molecule has 2 rings (SSSR count). The topological polar surface area (TPSA) is 49.4 Å². The number of carbonyl (C=O) groups excluding carboxylic acids is 2. The van der Waals surface area contributed by atoms with Gasteiger partial charge in [-0.05, 0) is 31.4 Å². The molecule has 0 aliphatic carbocycles. The Labute approximate surface area is 122 Å². The van der Waals surface area contributed by atoms with Crippen LogP contribution in [0.2, 0.25) is 0 Å². The molecule has 1 fully saturated rings. The standard InChI is InChI=1S/C15H18F2N2O2/c1-8(2)6-12-15(21)19(9(3)14(20)18-12)13-5-4-10(16)7-11(13)17/h4-5,7-9,12H,6H2,1-3H3,(H,18,20). The first kappa shape index (κ1) is 15.4. The number of halogens is 2. The van der Waals surface area contributed by atoms with Crippen LogP contribution in [-0.2, 0) is 9.59 Å². The summed E-state index contributed by atoms with van der Waals surface area (Å²) in [5.41, 5.74) is -0.0718. The normalized spacial score (nSPS) is 22.7.